The van der Waals surface area contributed by atoms with Gasteiger partial charge in [0.15, 0.2) is 5.43 Å². The number of hydrogen-bond acceptors (Lipinski definition) is 3. The molecule has 2 aromatic rings. The lowest BCUT2D eigenvalue weighted by Crippen LogP contribution is -2.25. The lowest BCUT2D eigenvalue weighted by Gasteiger charge is -2.24. The Bertz CT molecular complexity index is 786. The van der Waals surface area contributed by atoms with E-state index in [4.69, 9.17) is 4.74 Å². The predicted octanol–water partition coefficient (Wildman–Crippen LogP) is 2.95. The molecule has 126 valence electrons. The Labute approximate surface area is 140 Å². The number of aryl methyl sites for hydroxylation is 1. The summed E-state index contributed by atoms with van der Waals surface area (Å²) in [6.45, 7) is 3.95. The van der Waals surface area contributed by atoms with E-state index in [0.29, 0.717) is 31.2 Å². The summed E-state index contributed by atoms with van der Waals surface area (Å²) in [4.78, 5) is 24.3. The van der Waals surface area contributed by atoms with Crippen LogP contribution >= 0.6 is 0 Å². The van der Waals surface area contributed by atoms with Gasteiger partial charge in [0, 0.05) is 32.0 Å². The van der Waals surface area contributed by atoms with E-state index in [-0.39, 0.29) is 16.7 Å². The largest absolute Gasteiger partial charge is 0.477 e. The van der Waals surface area contributed by atoms with Crippen molar-refractivity contribution in [3.8, 4) is 11.1 Å². The molecule has 0 saturated carbocycles. The maximum Gasteiger partial charge on any atom is 0.353 e. The first-order valence-electron chi connectivity index (χ1n) is 8.18. The smallest absolute Gasteiger partial charge is 0.353 e. The van der Waals surface area contributed by atoms with Crippen molar-refractivity contribution in [1.29, 1.82) is 0 Å². The molecule has 0 unspecified atom stereocenters. The van der Waals surface area contributed by atoms with Gasteiger partial charge in [0.05, 0.1) is 5.56 Å². The Morgan fingerprint density at radius 3 is 2.50 bits per heavy atom. The zero-order chi connectivity index (χ0) is 17.1. The van der Waals surface area contributed by atoms with Gasteiger partial charge in [-0.15, -0.1) is 0 Å². The van der Waals surface area contributed by atoms with E-state index in [1.807, 2.05) is 19.1 Å². The van der Waals surface area contributed by atoms with Gasteiger partial charge in [0.2, 0.25) is 0 Å². The average molecular weight is 327 g/mol. The second kappa shape index (κ2) is 7.01. The van der Waals surface area contributed by atoms with Crippen molar-refractivity contribution in [2.45, 2.75) is 26.3 Å². The van der Waals surface area contributed by atoms with E-state index in [9.17, 15) is 14.7 Å². The number of hydrogen-bond donors (Lipinski definition) is 1. The van der Waals surface area contributed by atoms with Gasteiger partial charge in [-0.1, -0.05) is 29.8 Å². The number of ether oxygens (including phenoxy) is 1. The van der Waals surface area contributed by atoms with E-state index in [2.05, 4.69) is 0 Å². The summed E-state index contributed by atoms with van der Waals surface area (Å²) in [6, 6.07) is 8.84. The molecule has 0 spiro atoms. The van der Waals surface area contributed by atoms with Gasteiger partial charge in [-0.2, -0.15) is 0 Å². The Balaban J connectivity index is 2.07. The van der Waals surface area contributed by atoms with Crippen molar-refractivity contribution < 1.29 is 14.6 Å². The molecule has 5 heteroatoms. The van der Waals surface area contributed by atoms with Crippen molar-refractivity contribution >= 4 is 5.97 Å². The normalized spacial score (nSPS) is 15.4. The fourth-order valence-electron chi connectivity index (χ4n) is 3.16. The summed E-state index contributed by atoms with van der Waals surface area (Å²) in [6.07, 6.45) is 3.41. The number of carboxylic acids is 1. The number of carboxylic acid groups (broad SMARTS) is 1. The minimum absolute atomic E-state index is 0.0674. The second-order valence-corrected chi connectivity index (χ2v) is 6.28. The number of pyridine rings is 1. The van der Waals surface area contributed by atoms with Crippen LogP contribution in [0.1, 0.15) is 28.9 Å². The molecule has 1 fully saturated rings. The Hall–Kier alpha value is -2.40. The van der Waals surface area contributed by atoms with Gasteiger partial charge in [0.1, 0.15) is 5.69 Å². The first kappa shape index (κ1) is 16.5. The highest BCUT2D eigenvalue weighted by atomic mass is 16.5. The number of carbonyl (C=O) groups is 1. The van der Waals surface area contributed by atoms with E-state index in [0.717, 1.165) is 18.4 Å². The zero-order valence-electron chi connectivity index (χ0n) is 13.7. The molecule has 0 bridgehead atoms. The summed E-state index contributed by atoms with van der Waals surface area (Å²) in [7, 11) is 0. The molecule has 1 aromatic heterocycles. The predicted molar refractivity (Wildman–Crippen MR) is 91.4 cm³/mol. The molecule has 0 amide bonds. The third-order valence-electron chi connectivity index (χ3n) is 4.51. The molecule has 3 rings (SSSR count). The van der Waals surface area contributed by atoms with Crippen LogP contribution in [0.2, 0.25) is 0 Å². The third kappa shape index (κ3) is 3.41. The molecule has 5 nitrogen and oxygen atoms in total. The minimum Gasteiger partial charge on any atom is -0.477 e. The van der Waals surface area contributed by atoms with Crippen LogP contribution in [0.4, 0.5) is 0 Å². The molecular formula is C19H21NO4. The molecule has 1 aliphatic heterocycles. The highest BCUT2D eigenvalue weighted by Gasteiger charge is 2.22. The lowest BCUT2D eigenvalue weighted by molar-refractivity contribution is 0.0592. The summed E-state index contributed by atoms with van der Waals surface area (Å²) < 4.78 is 7.07. The van der Waals surface area contributed by atoms with E-state index in [1.165, 1.54) is 6.07 Å². The first-order chi connectivity index (χ1) is 11.6. The van der Waals surface area contributed by atoms with Gasteiger partial charge < -0.3 is 14.4 Å². The second-order valence-electron chi connectivity index (χ2n) is 6.28. The summed E-state index contributed by atoms with van der Waals surface area (Å²) in [5.41, 5.74) is 1.77. The first-order valence-corrected chi connectivity index (χ1v) is 8.18. The number of aromatic nitrogens is 1. The van der Waals surface area contributed by atoms with Crippen LogP contribution in [-0.2, 0) is 11.3 Å². The Morgan fingerprint density at radius 1 is 1.21 bits per heavy atom. The van der Waals surface area contributed by atoms with Crippen LogP contribution in [0.3, 0.4) is 0 Å². The fraction of sp³-hybridized carbons (Fsp3) is 0.368. The molecule has 1 aliphatic rings. The molecule has 1 N–H and O–H groups in total. The fourth-order valence-corrected chi connectivity index (χ4v) is 3.16. The zero-order valence-corrected chi connectivity index (χ0v) is 13.7. The molecule has 2 heterocycles. The lowest BCUT2D eigenvalue weighted by atomic mass is 9.98. The quantitative estimate of drug-likeness (QED) is 0.937. The van der Waals surface area contributed by atoms with E-state index in [1.54, 1.807) is 22.9 Å². The van der Waals surface area contributed by atoms with Gasteiger partial charge in [-0.3, -0.25) is 4.79 Å². The molecule has 0 aliphatic carbocycles. The van der Waals surface area contributed by atoms with Crippen molar-refractivity contribution in [2.75, 3.05) is 13.2 Å². The highest BCUT2D eigenvalue weighted by molar-refractivity contribution is 5.94. The number of benzene rings is 1. The molecular weight excluding hydrogens is 306 g/mol. The van der Waals surface area contributed by atoms with Crippen molar-refractivity contribution in [3.05, 3.63) is 58.0 Å². The number of aromatic carboxylic acids is 1. The van der Waals surface area contributed by atoms with Crippen LogP contribution in [0.15, 0.2) is 41.3 Å². The Morgan fingerprint density at radius 2 is 1.88 bits per heavy atom. The minimum atomic E-state index is -1.07. The monoisotopic (exact) mass is 327 g/mol. The summed E-state index contributed by atoms with van der Waals surface area (Å²) in [5, 5.41) is 9.73. The number of rotatable bonds is 4. The van der Waals surface area contributed by atoms with Gasteiger partial charge in [0.25, 0.3) is 0 Å². The molecule has 1 aromatic carbocycles. The molecule has 1 saturated heterocycles. The topological polar surface area (TPSA) is 68.5 Å². The molecule has 0 atom stereocenters. The Kier molecular flexibility index (Phi) is 4.81. The molecule has 24 heavy (non-hydrogen) atoms. The van der Waals surface area contributed by atoms with Crippen molar-refractivity contribution in [1.82, 2.24) is 4.57 Å². The molecule has 0 radical (unpaired) electrons. The van der Waals surface area contributed by atoms with Crippen LogP contribution in [-0.4, -0.2) is 28.9 Å². The standard InChI is InChI=1S/C19H21NO4/c1-13-2-4-15(5-3-13)17-16(21)6-9-20(18(17)19(22)23)12-14-7-10-24-11-8-14/h2-6,9,14H,7-8,10-12H2,1H3,(H,22,23). The van der Waals surface area contributed by atoms with E-state index < -0.39 is 5.97 Å². The van der Waals surface area contributed by atoms with Gasteiger partial charge >= 0.3 is 5.97 Å². The van der Waals surface area contributed by atoms with Crippen LogP contribution < -0.4 is 5.43 Å². The maximum atomic E-state index is 12.4. The van der Waals surface area contributed by atoms with E-state index >= 15 is 0 Å². The van der Waals surface area contributed by atoms with Crippen LogP contribution in [0.25, 0.3) is 11.1 Å². The van der Waals surface area contributed by atoms with Crippen LogP contribution in [0.5, 0.6) is 0 Å². The highest BCUT2D eigenvalue weighted by Crippen LogP contribution is 2.23. The average Bonchev–Trinajstić information content (AvgIpc) is 2.58. The summed E-state index contributed by atoms with van der Waals surface area (Å²) >= 11 is 0. The SMILES string of the molecule is Cc1ccc(-c2c(C(=O)O)n(CC3CCOCC3)ccc2=O)cc1. The summed E-state index contributed by atoms with van der Waals surface area (Å²) in [5.74, 6) is -0.708. The van der Waals surface area contributed by atoms with Crippen molar-refractivity contribution in [3.63, 3.8) is 0 Å². The van der Waals surface area contributed by atoms with Crippen molar-refractivity contribution in [2.24, 2.45) is 5.92 Å². The van der Waals surface area contributed by atoms with Crippen LogP contribution in [0, 0.1) is 12.8 Å². The third-order valence-corrected chi connectivity index (χ3v) is 4.51. The van der Waals surface area contributed by atoms with Gasteiger partial charge in [-0.05, 0) is 31.2 Å². The maximum absolute atomic E-state index is 12.4. The number of nitrogens with zero attached hydrogens (tertiary/aromatic N) is 1. The van der Waals surface area contributed by atoms with Gasteiger partial charge in [-0.25, -0.2) is 4.79 Å².